The molecule has 28 heavy (non-hydrogen) atoms. The molecule has 0 amide bonds. The smallest absolute Gasteiger partial charge is 0.387 e. The summed E-state index contributed by atoms with van der Waals surface area (Å²) in [4.78, 5) is 28.2. The van der Waals surface area contributed by atoms with Crippen LogP contribution in [0, 0.1) is 5.82 Å². The van der Waals surface area contributed by atoms with Crippen LogP contribution in [0.3, 0.4) is 0 Å². The van der Waals surface area contributed by atoms with Crippen molar-refractivity contribution in [3.8, 4) is 16.3 Å². The molecule has 0 N–H and O–H groups in total. The summed E-state index contributed by atoms with van der Waals surface area (Å²) in [5, 5.41) is 1.98. The van der Waals surface area contributed by atoms with Crippen molar-refractivity contribution >= 4 is 23.1 Å². The number of carbonyl (C=O) groups is 2. The Labute approximate surface area is 161 Å². The van der Waals surface area contributed by atoms with Gasteiger partial charge < -0.3 is 9.47 Å². The predicted octanol–water partition coefficient (Wildman–Crippen LogP) is 4.59. The number of esters is 1. The molecule has 0 aliphatic heterocycles. The van der Waals surface area contributed by atoms with E-state index in [1.165, 1.54) is 65.2 Å². The molecular weight excluding hydrogens is 395 g/mol. The first-order valence-corrected chi connectivity index (χ1v) is 8.77. The maximum atomic E-state index is 13.0. The van der Waals surface area contributed by atoms with E-state index in [4.69, 9.17) is 4.74 Å². The van der Waals surface area contributed by atoms with E-state index >= 15 is 0 Å². The number of benzene rings is 2. The Kier molecular flexibility index (Phi) is 6.05. The van der Waals surface area contributed by atoms with Gasteiger partial charge in [0.2, 0.25) is 0 Å². The van der Waals surface area contributed by atoms with Crippen molar-refractivity contribution in [2.24, 2.45) is 0 Å². The van der Waals surface area contributed by atoms with Crippen molar-refractivity contribution in [3.63, 3.8) is 0 Å². The fourth-order valence-corrected chi connectivity index (χ4v) is 3.00. The Balaban J connectivity index is 1.58. The van der Waals surface area contributed by atoms with Crippen molar-refractivity contribution in [2.75, 3.05) is 6.61 Å². The van der Waals surface area contributed by atoms with Gasteiger partial charge in [0, 0.05) is 16.5 Å². The van der Waals surface area contributed by atoms with Crippen LogP contribution < -0.4 is 4.74 Å². The molecule has 9 heteroatoms. The van der Waals surface area contributed by atoms with Gasteiger partial charge in [-0.25, -0.2) is 14.2 Å². The normalized spacial score (nSPS) is 10.7. The number of halogens is 3. The second kappa shape index (κ2) is 8.66. The molecule has 5 nitrogen and oxygen atoms in total. The van der Waals surface area contributed by atoms with E-state index in [9.17, 15) is 22.8 Å². The van der Waals surface area contributed by atoms with Gasteiger partial charge in [0.25, 0.3) is 0 Å². The third-order valence-electron chi connectivity index (χ3n) is 3.54. The number of nitrogens with zero attached hydrogens (tertiary/aromatic N) is 1. The molecule has 0 unspecified atom stereocenters. The fraction of sp³-hybridized carbons (Fsp3) is 0.105. The number of thiazole rings is 1. The standard InChI is InChI=1S/C19H12F3NO4S/c20-13-5-1-12(2-6-13)17-23-15(10-28-17)18(25)26-9-16(24)11-3-7-14(8-4-11)27-19(21)22/h1-8,10,19H,9H2. The zero-order chi connectivity index (χ0) is 20.1. The second-order valence-electron chi connectivity index (χ2n) is 5.45. The van der Waals surface area contributed by atoms with Crippen molar-refractivity contribution < 1.29 is 32.2 Å². The lowest BCUT2D eigenvalue weighted by Crippen LogP contribution is -2.14. The number of alkyl halides is 2. The van der Waals surface area contributed by atoms with Crippen LogP contribution >= 0.6 is 11.3 Å². The van der Waals surface area contributed by atoms with Gasteiger partial charge in [0.15, 0.2) is 18.1 Å². The highest BCUT2D eigenvalue weighted by atomic mass is 32.1. The molecule has 0 fully saturated rings. The van der Waals surface area contributed by atoms with Crippen molar-refractivity contribution in [1.82, 2.24) is 4.98 Å². The molecule has 1 aromatic heterocycles. The second-order valence-corrected chi connectivity index (χ2v) is 6.31. The summed E-state index contributed by atoms with van der Waals surface area (Å²) in [5.74, 6) is -1.76. The summed E-state index contributed by atoms with van der Waals surface area (Å²) in [6, 6.07) is 10.7. The zero-order valence-corrected chi connectivity index (χ0v) is 14.9. The monoisotopic (exact) mass is 407 g/mol. The maximum Gasteiger partial charge on any atom is 0.387 e. The number of rotatable bonds is 7. The fourth-order valence-electron chi connectivity index (χ4n) is 2.20. The Morgan fingerprint density at radius 1 is 1.04 bits per heavy atom. The molecule has 0 saturated carbocycles. The Bertz CT molecular complexity index is 972. The van der Waals surface area contributed by atoms with Crippen molar-refractivity contribution in [1.29, 1.82) is 0 Å². The molecule has 0 bridgehead atoms. The van der Waals surface area contributed by atoms with Crippen LogP contribution in [0.5, 0.6) is 5.75 Å². The molecule has 0 aliphatic carbocycles. The largest absolute Gasteiger partial charge is 0.453 e. The van der Waals surface area contributed by atoms with Crippen LogP contribution in [0.2, 0.25) is 0 Å². The van der Waals surface area contributed by atoms with Gasteiger partial charge in [-0.05, 0) is 48.5 Å². The van der Waals surface area contributed by atoms with Gasteiger partial charge in [-0.15, -0.1) is 11.3 Å². The van der Waals surface area contributed by atoms with E-state index in [0.717, 1.165) is 0 Å². The highest BCUT2D eigenvalue weighted by molar-refractivity contribution is 7.13. The minimum absolute atomic E-state index is 0.0257. The Morgan fingerprint density at radius 3 is 2.36 bits per heavy atom. The molecule has 3 rings (SSSR count). The van der Waals surface area contributed by atoms with Crippen LogP contribution in [0.1, 0.15) is 20.8 Å². The first-order valence-electron chi connectivity index (χ1n) is 7.89. The lowest BCUT2D eigenvalue weighted by Gasteiger charge is -2.06. The van der Waals surface area contributed by atoms with E-state index in [1.807, 2.05) is 0 Å². The summed E-state index contributed by atoms with van der Waals surface area (Å²) in [5.41, 5.74) is 0.852. The maximum absolute atomic E-state index is 13.0. The number of hydrogen-bond donors (Lipinski definition) is 0. The highest BCUT2D eigenvalue weighted by Crippen LogP contribution is 2.24. The van der Waals surface area contributed by atoms with Crippen LogP contribution in [0.4, 0.5) is 13.2 Å². The van der Waals surface area contributed by atoms with Crippen LogP contribution in [0.15, 0.2) is 53.9 Å². The molecule has 1 heterocycles. The summed E-state index contributed by atoms with van der Waals surface area (Å²) in [6.07, 6.45) is 0. The molecular formula is C19H12F3NO4S. The minimum Gasteiger partial charge on any atom is -0.453 e. The van der Waals surface area contributed by atoms with E-state index < -0.39 is 25.0 Å². The molecule has 0 radical (unpaired) electrons. The number of ketones is 1. The zero-order valence-electron chi connectivity index (χ0n) is 14.1. The van der Waals surface area contributed by atoms with Crippen LogP contribution in [0.25, 0.3) is 10.6 Å². The third kappa shape index (κ3) is 4.95. The summed E-state index contributed by atoms with van der Waals surface area (Å²) in [7, 11) is 0. The van der Waals surface area contributed by atoms with Gasteiger partial charge in [0.1, 0.15) is 16.6 Å². The topological polar surface area (TPSA) is 65.5 Å². The number of aromatic nitrogens is 1. The van der Waals surface area contributed by atoms with E-state index in [1.54, 1.807) is 0 Å². The minimum atomic E-state index is -2.96. The van der Waals surface area contributed by atoms with Crippen LogP contribution in [-0.2, 0) is 4.74 Å². The molecule has 0 aliphatic rings. The molecule has 3 aromatic rings. The predicted molar refractivity (Wildman–Crippen MR) is 95.2 cm³/mol. The van der Waals surface area contributed by atoms with Crippen molar-refractivity contribution in [2.45, 2.75) is 6.61 Å². The quantitative estimate of drug-likeness (QED) is 0.423. The molecule has 0 atom stereocenters. The number of hydrogen-bond acceptors (Lipinski definition) is 6. The van der Waals surface area contributed by atoms with Crippen LogP contribution in [-0.4, -0.2) is 30.0 Å². The third-order valence-corrected chi connectivity index (χ3v) is 4.43. The molecule has 144 valence electrons. The summed E-state index contributed by atoms with van der Waals surface area (Å²) in [6.45, 7) is -3.49. The van der Waals surface area contributed by atoms with E-state index in [2.05, 4.69) is 9.72 Å². The number of Topliss-reactive ketones (excluding diaryl/α,β-unsaturated/α-hetero) is 1. The highest BCUT2D eigenvalue weighted by Gasteiger charge is 2.16. The van der Waals surface area contributed by atoms with Gasteiger partial charge in [-0.3, -0.25) is 4.79 Å². The first-order chi connectivity index (χ1) is 13.4. The van der Waals surface area contributed by atoms with E-state index in [-0.39, 0.29) is 22.8 Å². The van der Waals surface area contributed by atoms with Gasteiger partial charge in [-0.2, -0.15) is 8.78 Å². The lowest BCUT2D eigenvalue weighted by atomic mass is 10.1. The number of ether oxygens (including phenoxy) is 2. The Morgan fingerprint density at radius 2 is 1.71 bits per heavy atom. The molecule has 0 saturated heterocycles. The average Bonchev–Trinajstić information content (AvgIpc) is 3.17. The van der Waals surface area contributed by atoms with Gasteiger partial charge in [-0.1, -0.05) is 0 Å². The average molecular weight is 407 g/mol. The summed E-state index contributed by atoms with van der Waals surface area (Å²) >= 11 is 1.18. The molecule has 0 spiro atoms. The van der Waals surface area contributed by atoms with E-state index in [0.29, 0.717) is 10.6 Å². The SMILES string of the molecule is O=C(COC(=O)c1csc(-c2ccc(F)cc2)n1)c1ccc(OC(F)F)cc1. The number of carbonyl (C=O) groups excluding carboxylic acids is 2. The van der Waals surface area contributed by atoms with Gasteiger partial charge in [0.05, 0.1) is 0 Å². The van der Waals surface area contributed by atoms with Gasteiger partial charge >= 0.3 is 12.6 Å². The first kappa shape index (κ1) is 19.6. The summed E-state index contributed by atoms with van der Waals surface area (Å²) < 4.78 is 46.3. The lowest BCUT2D eigenvalue weighted by molar-refractivity contribution is -0.0498. The molecule has 2 aromatic carbocycles. The Hall–Kier alpha value is -3.20. The van der Waals surface area contributed by atoms with Crippen molar-refractivity contribution in [3.05, 3.63) is 71.0 Å².